The first-order valence-electron chi connectivity index (χ1n) is 9.33. The van der Waals surface area contributed by atoms with Crippen molar-refractivity contribution in [1.29, 1.82) is 0 Å². The van der Waals surface area contributed by atoms with E-state index in [1.54, 1.807) is 11.8 Å². The lowest BCUT2D eigenvalue weighted by molar-refractivity contribution is 0.0956. The van der Waals surface area contributed by atoms with Gasteiger partial charge in [-0.1, -0.05) is 45.2 Å². The summed E-state index contributed by atoms with van der Waals surface area (Å²) in [5.74, 6) is 0.431. The minimum absolute atomic E-state index is 0.128. The second-order valence-corrected chi connectivity index (χ2v) is 11.9. The van der Waals surface area contributed by atoms with E-state index in [9.17, 15) is 13.2 Å². The predicted octanol–water partition coefficient (Wildman–Crippen LogP) is 4.17. The van der Waals surface area contributed by atoms with Crippen molar-refractivity contribution >= 4 is 39.3 Å². The number of halogens is 1. The third-order valence-electron chi connectivity index (χ3n) is 4.31. The van der Waals surface area contributed by atoms with Gasteiger partial charge in [-0.25, -0.2) is 8.42 Å². The normalized spacial score (nSPS) is 16.7. The molecule has 152 valence electrons. The summed E-state index contributed by atoms with van der Waals surface area (Å²) in [6, 6.07) is 4.37. The van der Waals surface area contributed by atoms with Crippen molar-refractivity contribution < 1.29 is 13.2 Å². The van der Waals surface area contributed by atoms with Crippen LogP contribution in [-0.2, 0) is 10.0 Å². The predicted molar refractivity (Wildman–Crippen MR) is 113 cm³/mol. The van der Waals surface area contributed by atoms with Crippen molar-refractivity contribution in [2.24, 2.45) is 0 Å². The van der Waals surface area contributed by atoms with E-state index in [1.807, 2.05) is 0 Å². The number of thioether (sulfide) groups is 1. The fourth-order valence-corrected chi connectivity index (χ4v) is 5.45. The van der Waals surface area contributed by atoms with Crippen LogP contribution >= 0.6 is 23.4 Å². The lowest BCUT2D eigenvalue weighted by atomic mass is 10.2. The summed E-state index contributed by atoms with van der Waals surface area (Å²) in [4.78, 5) is 12.6. The molecule has 1 aliphatic rings. The van der Waals surface area contributed by atoms with E-state index in [1.165, 1.54) is 22.5 Å². The number of sulfonamides is 1. The number of hydrogen-bond acceptors (Lipinski definition) is 4. The van der Waals surface area contributed by atoms with Crippen LogP contribution in [0.5, 0.6) is 0 Å². The third kappa shape index (κ3) is 6.66. The lowest BCUT2D eigenvalue weighted by Gasteiger charge is -2.20. The van der Waals surface area contributed by atoms with E-state index < -0.39 is 10.0 Å². The molecule has 1 amide bonds. The highest BCUT2D eigenvalue weighted by molar-refractivity contribution is 8.00. The van der Waals surface area contributed by atoms with E-state index in [-0.39, 0.29) is 26.1 Å². The summed E-state index contributed by atoms with van der Waals surface area (Å²) < 4.78 is 27.5. The van der Waals surface area contributed by atoms with Crippen LogP contribution in [0.15, 0.2) is 23.1 Å². The van der Waals surface area contributed by atoms with Gasteiger partial charge in [-0.15, -0.1) is 0 Å². The van der Waals surface area contributed by atoms with Gasteiger partial charge < -0.3 is 5.32 Å². The Balaban J connectivity index is 2.11. The van der Waals surface area contributed by atoms with Crippen molar-refractivity contribution in [3.8, 4) is 0 Å². The average Bonchev–Trinajstić information content (AvgIpc) is 2.88. The summed E-state index contributed by atoms with van der Waals surface area (Å²) in [5.41, 5.74) is 0.202. The summed E-state index contributed by atoms with van der Waals surface area (Å²) in [6.07, 6.45) is 3.83. The molecular weight excluding hydrogens is 404 g/mol. The molecule has 27 heavy (non-hydrogen) atoms. The molecule has 1 aliphatic heterocycles. The molecule has 2 rings (SSSR count). The molecule has 1 heterocycles. The van der Waals surface area contributed by atoms with Gasteiger partial charge in [0.15, 0.2) is 0 Å². The minimum Gasteiger partial charge on any atom is -0.351 e. The first-order valence-corrected chi connectivity index (χ1v) is 12.1. The maximum atomic E-state index is 12.9. The first-order chi connectivity index (χ1) is 12.6. The number of hydrogen-bond donors (Lipinski definition) is 1. The molecule has 0 spiro atoms. The lowest BCUT2D eigenvalue weighted by Crippen LogP contribution is -2.32. The number of benzene rings is 1. The van der Waals surface area contributed by atoms with Crippen LogP contribution in [-0.4, -0.2) is 48.8 Å². The van der Waals surface area contributed by atoms with Gasteiger partial charge in [0.05, 0.1) is 15.5 Å². The van der Waals surface area contributed by atoms with Crippen molar-refractivity contribution in [1.82, 2.24) is 9.62 Å². The van der Waals surface area contributed by atoms with Gasteiger partial charge in [0.2, 0.25) is 10.0 Å². The average molecular weight is 433 g/mol. The Kier molecular flexibility index (Phi) is 8.04. The zero-order valence-electron chi connectivity index (χ0n) is 16.3. The van der Waals surface area contributed by atoms with Crippen LogP contribution in [0.2, 0.25) is 5.02 Å². The Morgan fingerprint density at radius 2 is 1.81 bits per heavy atom. The number of carbonyl (C=O) groups excluding carboxylic acids is 1. The molecule has 0 radical (unpaired) electrons. The standard InChI is InChI=1S/C19H29ClN2O3S2/c1-19(2,3)26-13-10-21-18(23)16-14-15(8-9-17(16)20)27(24,25)22-11-6-4-5-7-12-22/h8-9,14H,4-7,10-13H2,1-3H3,(H,21,23). The van der Waals surface area contributed by atoms with E-state index in [2.05, 4.69) is 26.1 Å². The molecule has 1 saturated heterocycles. The molecule has 0 unspecified atom stereocenters. The Morgan fingerprint density at radius 3 is 2.41 bits per heavy atom. The molecule has 0 atom stereocenters. The number of nitrogens with zero attached hydrogens (tertiary/aromatic N) is 1. The van der Waals surface area contributed by atoms with Crippen molar-refractivity contribution in [3.63, 3.8) is 0 Å². The summed E-state index contributed by atoms with van der Waals surface area (Å²) in [6.45, 7) is 7.90. The molecular formula is C19H29ClN2O3S2. The SMILES string of the molecule is CC(C)(C)SCCNC(=O)c1cc(S(=O)(=O)N2CCCCCC2)ccc1Cl. The van der Waals surface area contributed by atoms with E-state index in [4.69, 9.17) is 11.6 Å². The fourth-order valence-electron chi connectivity index (χ4n) is 2.89. The van der Waals surface area contributed by atoms with Gasteiger partial charge in [-0.3, -0.25) is 4.79 Å². The zero-order valence-corrected chi connectivity index (χ0v) is 18.6. The monoisotopic (exact) mass is 432 g/mol. The van der Waals surface area contributed by atoms with Crippen molar-refractivity contribution in [3.05, 3.63) is 28.8 Å². The van der Waals surface area contributed by atoms with Crippen LogP contribution < -0.4 is 5.32 Å². The highest BCUT2D eigenvalue weighted by Crippen LogP contribution is 2.25. The molecule has 1 aromatic rings. The molecule has 5 nitrogen and oxygen atoms in total. The number of rotatable bonds is 6. The molecule has 1 N–H and O–H groups in total. The smallest absolute Gasteiger partial charge is 0.252 e. The number of nitrogens with one attached hydrogen (secondary N) is 1. The van der Waals surface area contributed by atoms with E-state index in [0.717, 1.165) is 31.4 Å². The number of amides is 1. The quantitative estimate of drug-likeness (QED) is 0.685. The summed E-state index contributed by atoms with van der Waals surface area (Å²) >= 11 is 7.92. The third-order valence-corrected chi connectivity index (χ3v) is 7.81. The van der Waals surface area contributed by atoms with Gasteiger partial charge in [0.25, 0.3) is 5.91 Å². The van der Waals surface area contributed by atoms with Gasteiger partial charge in [0, 0.05) is 30.1 Å². The summed E-state index contributed by atoms with van der Waals surface area (Å²) in [7, 11) is -3.61. The molecule has 0 bridgehead atoms. The molecule has 1 aromatic carbocycles. The maximum absolute atomic E-state index is 12.9. The molecule has 0 aromatic heterocycles. The Morgan fingerprint density at radius 1 is 1.19 bits per heavy atom. The fraction of sp³-hybridized carbons (Fsp3) is 0.632. The largest absolute Gasteiger partial charge is 0.351 e. The zero-order chi connectivity index (χ0) is 20.1. The van der Waals surface area contributed by atoms with Crippen molar-refractivity contribution in [2.75, 3.05) is 25.4 Å². The molecule has 1 fully saturated rings. The van der Waals surface area contributed by atoms with Gasteiger partial charge in [0.1, 0.15) is 0 Å². The topological polar surface area (TPSA) is 66.5 Å². The number of carbonyl (C=O) groups is 1. The summed E-state index contributed by atoms with van der Waals surface area (Å²) in [5, 5.41) is 3.08. The van der Waals surface area contributed by atoms with Crippen LogP contribution in [0.25, 0.3) is 0 Å². The maximum Gasteiger partial charge on any atom is 0.252 e. The Bertz CT molecular complexity index is 753. The molecule has 8 heteroatoms. The second kappa shape index (κ2) is 9.63. The van der Waals surface area contributed by atoms with E-state index >= 15 is 0 Å². The second-order valence-electron chi connectivity index (χ2n) is 7.68. The highest BCUT2D eigenvalue weighted by atomic mass is 35.5. The Hall–Kier alpha value is -0.760. The van der Waals surface area contributed by atoms with Crippen LogP contribution in [0.1, 0.15) is 56.8 Å². The van der Waals surface area contributed by atoms with Crippen molar-refractivity contribution in [2.45, 2.75) is 56.1 Å². The van der Waals surface area contributed by atoms with Crippen LogP contribution in [0, 0.1) is 0 Å². The van der Waals surface area contributed by atoms with Crippen LogP contribution in [0.4, 0.5) is 0 Å². The van der Waals surface area contributed by atoms with E-state index in [0.29, 0.717) is 19.6 Å². The van der Waals surface area contributed by atoms with Gasteiger partial charge in [-0.05, 0) is 31.0 Å². The molecule has 0 aliphatic carbocycles. The van der Waals surface area contributed by atoms with Gasteiger partial charge >= 0.3 is 0 Å². The van der Waals surface area contributed by atoms with Crippen LogP contribution in [0.3, 0.4) is 0 Å². The Labute approximate surface area is 172 Å². The molecule has 0 saturated carbocycles. The first kappa shape index (κ1) is 22.5. The minimum atomic E-state index is -3.61. The van der Waals surface area contributed by atoms with Gasteiger partial charge in [-0.2, -0.15) is 16.1 Å². The highest BCUT2D eigenvalue weighted by Gasteiger charge is 2.26.